The predicted molar refractivity (Wildman–Crippen MR) is 52.6 cm³/mol. The van der Waals surface area contributed by atoms with Gasteiger partial charge in [0.15, 0.2) is 0 Å². The van der Waals surface area contributed by atoms with Crippen molar-refractivity contribution in [1.82, 2.24) is 10.2 Å². The van der Waals surface area contributed by atoms with Crippen LogP contribution in [-0.2, 0) is 0 Å². The van der Waals surface area contributed by atoms with Gasteiger partial charge in [-0.15, -0.1) is 10.2 Å². The highest BCUT2D eigenvalue weighted by atomic mass is 16.4. The number of nitrogens with zero attached hydrogens (tertiary/aromatic N) is 3. The van der Waals surface area contributed by atoms with Crippen LogP contribution in [0.2, 0.25) is 0 Å². The van der Waals surface area contributed by atoms with Gasteiger partial charge in [-0.2, -0.15) is 0 Å². The fourth-order valence-electron chi connectivity index (χ4n) is 0.578. The number of aliphatic imine (C=N–C) groups is 1. The zero-order chi connectivity index (χ0) is 10.1. The summed E-state index contributed by atoms with van der Waals surface area (Å²) in [6, 6.07) is 0. The fourth-order valence-corrected chi connectivity index (χ4v) is 0.578. The molecule has 70 valence electrons. The van der Waals surface area contributed by atoms with Gasteiger partial charge in [-0.25, -0.2) is 0 Å². The molecule has 0 unspecified atom stereocenters. The fraction of sp³-hybridized carbons (Fsp3) is 0.222. The molecule has 0 aliphatic carbocycles. The largest absolute Gasteiger partial charge is 0.422 e. The van der Waals surface area contributed by atoms with E-state index >= 15 is 0 Å². The van der Waals surface area contributed by atoms with Gasteiger partial charge < -0.3 is 4.42 Å². The molecule has 0 N–H and O–H groups in total. The minimum absolute atomic E-state index is 0.347. The van der Waals surface area contributed by atoms with Gasteiger partial charge in [-0.05, 0) is 6.08 Å². The first kappa shape index (κ1) is 11.3. The lowest BCUT2D eigenvalue weighted by Gasteiger charge is -1.88. The maximum Gasteiger partial charge on any atom is 0.266 e. The van der Waals surface area contributed by atoms with Crippen LogP contribution in [0.1, 0.15) is 19.7 Å². The minimum atomic E-state index is 0.347. The molecule has 0 aliphatic rings. The lowest BCUT2D eigenvalue weighted by Crippen LogP contribution is -1.95. The Bertz CT molecular complexity index is 275. The van der Waals surface area contributed by atoms with Crippen LogP contribution in [0, 0.1) is 0 Å². The second kappa shape index (κ2) is 6.97. The summed E-state index contributed by atoms with van der Waals surface area (Å²) in [7, 11) is 0. The standard InChI is InChI=1S/C7H7N3O.C2H6/c1-3-6(8-4-2)7-10-9-5-11-7;1-2/h3-5H,1-2H2;1-2H3. The molecular weight excluding hydrogens is 166 g/mol. The van der Waals surface area contributed by atoms with Crippen molar-refractivity contribution in [2.75, 3.05) is 0 Å². The number of hydrogen-bond donors (Lipinski definition) is 0. The van der Waals surface area contributed by atoms with Crippen molar-refractivity contribution < 1.29 is 4.42 Å². The number of hydrogen-bond acceptors (Lipinski definition) is 4. The van der Waals surface area contributed by atoms with E-state index in [0.717, 1.165) is 0 Å². The molecular formula is C9H13N3O. The smallest absolute Gasteiger partial charge is 0.266 e. The summed E-state index contributed by atoms with van der Waals surface area (Å²) in [6.45, 7) is 11.0. The molecule has 0 saturated heterocycles. The van der Waals surface area contributed by atoms with Crippen LogP contribution in [0.5, 0.6) is 0 Å². The Hall–Kier alpha value is -1.71. The van der Waals surface area contributed by atoms with Crippen LogP contribution in [0.25, 0.3) is 0 Å². The molecule has 1 heterocycles. The molecule has 0 amide bonds. The van der Waals surface area contributed by atoms with Crippen molar-refractivity contribution in [2.45, 2.75) is 13.8 Å². The van der Waals surface area contributed by atoms with E-state index in [1.807, 2.05) is 13.8 Å². The first-order valence-corrected chi connectivity index (χ1v) is 3.96. The summed E-state index contributed by atoms with van der Waals surface area (Å²) in [4.78, 5) is 3.85. The van der Waals surface area contributed by atoms with Gasteiger partial charge in [-0.3, -0.25) is 4.99 Å². The topological polar surface area (TPSA) is 51.3 Å². The Labute approximate surface area is 77.7 Å². The third kappa shape index (κ3) is 3.46. The van der Waals surface area contributed by atoms with E-state index in [2.05, 4.69) is 28.3 Å². The van der Waals surface area contributed by atoms with E-state index in [1.54, 1.807) is 0 Å². The van der Waals surface area contributed by atoms with Crippen LogP contribution in [0.4, 0.5) is 0 Å². The van der Waals surface area contributed by atoms with E-state index < -0.39 is 0 Å². The molecule has 0 atom stereocenters. The Balaban J connectivity index is 0.000000671. The molecule has 0 spiro atoms. The first-order valence-electron chi connectivity index (χ1n) is 3.96. The maximum absolute atomic E-state index is 4.87. The molecule has 1 rings (SSSR count). The van der Waals surface area contributed by atoms with Gasteiger partial charge in [0.2, 0.25) is 6.39 Å². The molecule has 4 nitrogen and oxygen atoms in total. The van der Waals surface area contributed by atoms with Crippen LogP contribution < -0.4 is 0 Å². The molecule has 1 aromatic rings. The van der Waals surface area contributed by atoms with Gasteiger partial charge >= 0.3 is 0 Å². The number of allylic oxidation sites excluding steroid dienone is 1. The first-order chi connectivity index (χ1) is 6.38. The lowest BCUT2D eigenvalue weighted by atomic mass is 10.4. The maximum atomic E-state index is 4.87. The molecule has 0 aliphatic heterocycles. The molecule has 0 bridgehead atoms. The third-order valence-electron chi connectivity index (χ3n) is 1.00. The van der Waals surface area contributed by atoms with Crippen molar-refractivity contribution in [3.05, 3.63) is 37.7 Å². The van der Waals surface area contributed by atoms with Crippen molar-refractivity contribution >= 4 is 5.71 Å². The molecule has 13 heavy (non-hydrogen) atoms. The second-order valence-corrected chi connectivity index (χ2v) is 1.64. The monoisotopic (exact) mass is 179 g/mol. The lowest BCUT2D eigenvalue weighted by molar-refractivity contribution is 0.544. The summed E-state index contributed by atoms with van der Waals surface area (Å²) in [5.41, 5.74) is 0.525. The Kier molecular flexibility index (Phi) is 6.05. The summed E-state index contributed by atoms with van der Waals surface area (Å²) in [5, 5.41) is 7.13. The van der Waals surface area contributed by atoms with Crippen molar-refractivity contribution in [2.24, 2.45) is 4.99 Å². The van der Waals surface area contributed by atoms with Crippen molar-refractivity contribution in [1.29, 1.82) is 0 Å². The van der Waals surface area contributed by atoms with Gasteiger partial charge in [0.1, 0.15) is 5.71 Å². The van der Waals surface area contributed by atoms with Crippen LogP contribution in [0.3, 0.4) is 0 Å². The van der Waals surface area contributed by atoms with Crippen LogP contribution in [-0.4, -0.2) is 15.9 Å². The van der Waals surface area contributed by atoms with Gasteiger partial charge in [-0.1, -0.05) is 27.0 Å². The average molecular weight is 179 g/mol. The summed E-state index contributed by atoms with van der Waals surface area (Å²) in [5.74, 6) is 0.347. The quantitative estimate of drug-likeness (QED) is 0.668. The van der Waals surface area contributed by atoms with E-state index in [9.17, 15) is 0 Å². The van der Waals surface area contributed by atoms with E-state index in [0.29, 0.717) is 11.6 Å². The number of rotatable bonds is 3. The molecule has 0 saturated carbocycles. The highest BCUT2D eigenvalue weighted by Gasteiger charge is 2.02. The van der Waals surface area contributed by atoms with Crippen molar-refractivity contribution in [3.63, 3.8) is 0 Å². The molecule has 0 aromatic carbocycles. The van der Waals surface area contributed by atoms with Crippen molar-refractivity contribution in [3.8, 4) is 0 Å². The van der Waals surface area contributed by atoms with E-state index in [4.69, 9.17) is 4.42 Å². The second-order valence-electron chi connectivity index (χ2n) is 1.64. The predicted octanol–water partition coefficient (Wildman–Crippen LogP) is 2.21. The van der Waals surface area contributed by atoms with E-state index in [-0.39, 0.29) is 0 Å². The summed E-state index contributed by atoms with van der Waals surface area (Å²) < 4.78 is 4.87. The average Bonchev–Trinajstić information content (AvgIpc) is 2.70. The molecule has 0 radical (unpaired) electrons. The van der Waals surface area contributed by atoms with Gasteiger partial charge in [0, 0.05) is 6.20 Å². The minimum Gasteiger partial charge on any atom is -0.422 e. The van der Waals surface area contributed by atoms with E-state index in [1.165, 1.54) is 18.7 Å². The van der Waals surface area contributed by atoms with Gasteiger partial charge in [0.25, 0.3) is 5.89 Å². The highest BCUT2D eigenvalue weighted by Crippen LogP contribution is 1.96. The van der Waals surface area contributed by atoms with Crippen LogP contribution >= 0.6 is 0 Å². The SMILES string of the molecule is C=CN=C(C=C)c1nnco1.CC. The van der Waals surface area contributed by atoms with Gasteiger partial charge in [0.05, 0.1) is 0 Å². The summed E-state index contributed by atoms with van der Waals surface area (Å²) >= 11 is 0. The molecule has 0 fully saturated rings. The Morgan fingerprint density at radius 3 is 2.62 bits per heavy atom. The summed E-state index contributed by atoms with van der Waals surface area (Å²) in [6.07, 6.45) is 4.15. The number of aromatic nitrogens is 2. The zero-order valence-electron chi connectivity index (χ0n) is 7.90. The normalized spacial score (nSPS) is 9.85. The third-order valence-corrected chi connectivity index (χ3v) is 1.00. The Morgan fingerprint density at radius 1 is 1.54 bits per heavy atom. The van der Waals surface area contributed by atoms with Crippen LogP contribution in [0.15, 0.2) is 41.2 Å². The zero-order valence-corrected chi connectivity index (χ0v) is 7.90. The highest BCUT2D eigenvalue weighted by molar-refractivity contribution is 6.05. The molecule has 4 heteroatoms. The molecule has 1 aromatic heterocycles. The Morgan fingerprint density at radius 2 is 2.23 bits per heavy atom.